The molecule has 0 bridgehead atoms. The van der Waals surface area contributed by atoms with Gasteiger partial charge in [-0.3, -0.25) is 11.6 Å². The van der Waals surface area contributed by atoms with Crippen molar-refractivity contribution >= 4 is 27.3 Å². The third-order valence-corrected chi connectivity index (χ3v) is 8.52. The van der Waals surface area contributed by atoms with Crippen LogP contribution in [0.2, 0.25) is 0 Å². The zero-order valence-electron chi connectivity index (χ0n) is 24.2. The van der Waals surface area contributed by atoms with Crippen LogP contribution >= 0.6 is 7.92 Å². The Morgan fingerprint density at radius 2 is 1.18 bits per heavy atom. The molecule has 216 valence electrons. The van der Waals surface area contributed by atoms with E-state index in [4.69, 9.17) is 6.58 Å². The van der Waals surface area contributed by atoms with E-state index in [0.717, 1.165) is 28.4 Å². The second-order valence-electron chi connectivity index (χ2n) is 10.2. The number of hydrogen-bond acceptors (Lipinski definition) is 2. The van der Waals surface area contributed by atoms with Crippen molar-refractivity contribution in [2.75, 3.05) is 0 Å². The van der Waals surface area contributed by atoms with Gasteiger partial charge in [0, 0.05) is 12.4 Å². The first-order chi connectivity index (χ1) is 16.9. The molecule has 0 radical (unpaired) electrons. The number of halogens is 4. The topological polar surface area (TPSA) is 25.8 Å². The van der Waals surface area contributed by atoms with Crippen molar-refractivity contribution in [1.29, 1.82) is 0 Å². The zero-order valence-corrected chi connectivity index (χ0v) is 27.5. The van der Waals surface area contributed by atoms with Crippen molar-refractivity contribution in [2.24, 2.45) is 11.3 Å². The van der Waals surface area contributed by atoms with Crippen LogP contribution in [0.5, 0.6) is 0 Å². The average molecular weight is 732 g/mol. The molecule has 0 unspecified atom stereocenters. The molecule has 2 aromatic heterocycles. The van der Waals surface area contributed by atoms with Crippen LogP contribution in [-0.4, -0.2) is 34.2 Å². The van der Waals surface area contributed by atoms with Crippen molar-refractivity contribution in [3.8, 4) is 0 Å². The summed E-state index contributed by atoms with van der Waals surface area (Å²) >= 11 is 0. The van der Waals surface area contributed by atoms with Crippen molar-refractivity contribution in [2.45, 2.75) is 79.3 Å². The molecule has 0 aliphatic carbocycles. The predicted molar refractivity (Wildman–Crippen MR) is 157 cm³/mol. The third-order valence-electron chi connectivity index (χ3n) is 4.95. The standard InChI is InChI=1S/C13H18N.C9H21P.C7H6N.BF4.Ir/c1-11(13(2,3)4)8-9-12-7-5-6-10-14-12;1-7(2)10(8(3)4)9(5)6;1-2-7-5-3-4-6-8-7;2-1(3,4)5;/h5-11H,1H2,2-4H3;7-9H,1-6H3;1-6H;;/q-1;;2*-1;+3/b9-8-;;;;/t11-;;;;/m1..../s1. The fourth-order valence-corrected chi connectivity index (χ4v) is 6.82. The van der Waals surface area contributed by atoms with Gasteiger partial charge in [-0.05, 0) is 41.3 Å². The number of rotatable bonds is 6. The van der Waals surface area contributed by atoms with E-state index in [-0.39, 0.29) is 33.4 Å². The second kappa shape index (κ2) is 21.5. The molecule has 38 heavy (non-hydrogen) atoms. The van der Waals surface area contributed by atoms with Crippen LogP contribution in [0, 0.1) is 24.8 Å². The van der Waals surface area contributed by atoms with Crippen molar-refractivity contribution in [3.05, 3.63) is 79.8 Å². The van der Waals surface area contributed by atoms with Crippen LogP contribution in [0.3, 0.4) is 0 Å². The molecule has 2 rings (SSSR count). The maximum atomic E-state index is 9.75. The minimum Gasteiger partial charge on any atom is -0.418 e. The van der Waals surface area contributed by atoms with E-state index < -0.39 is 7.25 Å². The summed E-state index contributed by atoms with van der Waals surface area (Å²) in [5.74, 6) is 0.310. The second-order valence-corrected chi connectivity index (χ2v) is 14.2. The summed E-state index contributed by atoms with van der Waals surface area (Å²) in [6.07, 6.45) is 9.12. The summed E-state index contributed by atoms with van der Waals surface area (Å²) in [5.41, 5.74) is 4.71. The van der Waals surface area contributed by atoms with Crippen molar-refractivity contribution in [1.82, 2.24) is 9.97 Å². The molecule has 0 aromatic carbocycles. The molecule has 0 saturated carbocycles. The van der Waals surface area contributed by atoms with E-state index in [0.29, 0.717) is 5.92 Å². The van der Waals surface area contributed by atoms with Gasteiger partial charge in [0.15, 0.2) is 0 Å². The molecule has 0 spiro atoms. The molecule has 0 saturated heterocycles. The van der Waals surface area contributed by atoms with Gasteiger partial charge in [-0.1, -0.05) is 93.5 Å². The summed E-state index contributed by atoms with van der Waals surface area (Å²) in [7, 11) is -5.74. The maximum absolute atomic E-state index is 9.75. The summed E-state index contributed by atoms with van der Waals surface area (Å²) in [6, 6.07) is 11.5. The zero-order chi connectivity index (χ0) is 29.2. The van der Waals surface area contributed by atoms with Crippen LogP contribution in [0.15, 0.2) is 54.9 Å². The van der Waals surface area contributed by atoms with Crippen molar-refractivity contribution in [3.63, 3.8) is 0 Å². The Morgan fingerprint density at radius 1 is 0.816 bits per heavy atom. The van der Waals surface area contributed by atoms with Crippen LogP contribution in [0.1, 0.15) is 73.7 Å². The Hall–Kier alpha value is -1.36. The summed E-state index contributed by atoms with van der Waals surface area (Å²) in [5, 5.41) is 0. The Morgan fingerprint density at radius 3 is 1.39 bits per heavy atom. The van der Waals surface area contributed by atoms with E-state index in [1.807, 2.05) is 42.5 Å². The van der Waals surface area contributed by atoms with Crippen LogP contribution < -0.4 is 0 Å². The first-order valence-corrected chi connectivity index (χ1v) is 14.0. The Kier molecular flexibility index (Phi) is 23.2. The van der Waals surface area contributed by atoms with E-state index >= 15 is 0 Å². The fourth-order valence-electron chi connectivity index (χ4n) is 3.24. The average Bonchev–Trinajstić information content (AvgIpc) is 2.77. The van der Waals surface area contributed by atoms with E-state index in [2.05, 4.69) is 85.3 Å². The molecule has 1 atom stereocenters. The minimum absolute atomic E-state index is 0. The van der Waals surface area contributed by atoms with Gasteiger partial charge in [-0.15, -0.1) is 18.1 Å². The summed E-state index contributed by atoms with van der Waals surface area (Å²) < 4.78 is 39.0. The van der Waals surface area contributed by atoms with Gasteiger partial charge in [0.1, 0.15) is 0 Å². The van der Waals surface area contributed by atoms with Gasteiger partial charge in [0.05, 0.1) is 5.69 Å². The smallest absolute Gasteiger partial charge is 0.418 e. The first kappa shape index (κ1) is 41.1. The Balaban J connectivity index is -0.000000452. The number of allylic oxidation sites excluding steroid dienone is 1. The molecule has 2 nitrogen and oxygen atoms in total. The largest absolute Gasteiger partial charge is 3.00 e. The van der Waals surface area contributed by atoms with Crippen LogP contribution in [-0.2, 0) is 20.1 Å². The quantitative estimate of drug-likeness (QED) is 0.128. The van der Waals surface area contributed by atoms with Gasteiger partial charge >= 0.3 is 27.4 Å². The third kappa shape index (κ3) is 25.0. The van der Waals surface area contributed by atoms with E-state index in [1.54, 1.807) is 12.4 Å². The van der Waals surface area contributed by atoms with Gasteiger partial charge in [0.25, 0.3) is 0 Å². The Labute approximate surface area is 244 Å². The number of hydrogen-bond donors (Lipinski definition) is 0. The van der Waals surface area contributed by atoms with E-state index in [1.165, 1.54) is 6.08 Å². The monoisotopic (exact) mass is 732 g/mol. The van der Waals surface area contributed by atoms with Gasteiger partial charge < -0.3 is 29.2 Å². The summed E-state index contributed by atoms with van der Waals surface area (Å²) in [6.45, 7) is 30.0. The molecule has 2 heterocycles. The van der Waals surface area contributed by atoms with Crippen LogP contribution in [0.4, 0.5) is 17.3 Å². The SMILES string of the molecule is CC(C)P(C(C)C)C(C)C.F[B-](F)(F)F.[CH-]=Cc1ccccn1.[CH2-][C@H](/C=C\c1ccccn1)C(C)(C)C.[Ir+3]. The number of aromatic nitrogens is 2. The van der Waals surface area contributed by atoms with Crippen LogP contribution in [0.25, 0.3) is 12.2 Å². The van der Waals surface area contributed by atoms with Gasteiger partial charge in [-0.25, -0.2) is 6.08 Å². The molecule has 0 amide bonds. The molecular weight excluding hydrogens is 686 g/mol. The molecule has 0 N–H and O–H groups in total. The molecule has 9 heteroatoms. The molecule has 2 aromatic rings. The Bertz CT molecular complexity index is 831. The minimum atomic E-state index is -6.00. The first-order valence-electron chi connectivity index (χ1n) is 12.4. The maximum Gasteiger partial charge on any atom is 3.00 e. The van der Waals surface area contributed by atoms with Crippen molar-refractivity contribution < 1.29 is 37.4 Å². The normalized spacial score (nSPS) is 12.1. The van der Waals surface area contributed by atoms with Gasteiger partial charge in [0.2, 0.25) is 0 Å². The molecule has 0 aliphatic heterocycles. The van der Waals surface area contributed by atoms with Gasteiger partial charge in [-0.2, -0.15) is 0 Å². The van der Waals surface area contributed by atoms with E-state index in [9.17, 15) is 17.3 Å². The number of nitrogens with zero attached hydrogens (tertiary/aromatic N) is 2. The molecule has 0 fully saturated rings. The number of pyridine rings is 2. The summed E-state index contributed by atoms with van der Waals surface area (Å²) in [4.78, 5) is 8.13. The molecule has 0 aliphatic rings. The molecular formula is C29H45BF4IrN2P. The fraction of sp³-hybridized carbons (Fsp3) is 0.483. The predicted octanol–water partition coefficient (Wildman–Crippen LogP) is 10.1.